The van der Waals surface area contributed by atoms with Crippen molar-refractivity contribution in [1.29, 1.82) is 0 Å². The van der Waals surface area contributed by atoms with E-state index in [-0.39, 0.29) is 12.4 Å². The van der Waals surface area contributed by atoms with Gasteiger partial charge in [0.1, 0.15) is 5.69 Å². The molecule has 1 aromatic carbocycles. The molecule has 0 saturated heterocycles. The fraction of sp³-hybridized carbons (Fsp3) is 0.294. The Labute approximate surface area is 130 Å². The molecule has 3 nitrogen and oxygen atoms in total. The number of halogens is 1. The average Bonchev–Trinajstić information content (AvgIpc) is 2.86. The maximum atomic E-state index is 4.72. The summed E-state index contributed by atoms with van der Waals surface area (Å²) in [7, 11) is 1.98. The number of aryl methyl sites for hydroxylation is 3. The lowest BCUT2D eigenvalue weighted by atomic mass is 9.90. The van der Waals surface area contributed by atoms with Gasteiger partial charge in [-0.25, -0.2) is 9.67 Å². The highest BCUT2D eigenvalue weighted by Gasteiger charge is 2.20. The van der Waals surface area contributed by atoms with E-state index in [1.165, 1.54) is 34.9 Å². The molecular weight excluding hydrogens is 282 g/mol. The minimum atomic E-state index is 0. The fourth-order valence-electron chi connectivity index (χ4n) is 3.23. The lowest BCUT2D eigenvalue weighted by Gasteiger charge is -2.16. The summed E-state index contributed by atoms with van der Waals surface area (Å²) in [6, 6.07) is 10.4. The summed E-state index contributed by atoms with van der Waals surface area (Å²) in [5.41, 5.74) is 6.14. The zero-order valence-electron chi connectivity index (χ0n) is 12.0. The van der Waals surface area contributed by atoms with Crippen molar-refractivity contribution < 1.29 is 0 Å². The Morgan fingerprint density at radius 1 is 1.05 bits per heavy atom. The van der Waals surface area contributed by atoms with Gasteiger partial charge in [0.2, 0.25) is 0 Å². The molecule has 0 saturated carbocycles. The lowest BCUT2D eigenvalue weighted by molar-refractivity contribution is 0.687. The molecular formula is C17H18ClN3. The second kappa shape index (κ2) is 5.49. The van der Waals surface area contributed by atoms with E-state index in [1.807, 2.05) is 24.0 Å². The first kappa shape index (κ1) is 14.1. The summed E-state index contributed by atoms with van der Waals surface area (Å²) >= 11 is 0. The summed E-state index contributed by atoms with van der Waals surface area (Å²) in [5, 5.41) is 5.98. The predicted octanol–water partition coefficient (Wildman–Crippen LogP) is 3.94. The molecule has 0 atom stereocenters. The van der Waals surface area contributed by atoms with Gasteiger partial charge < -0.3 is 0 Å². The Hall–Kier alpha value is -1.87. The van der Waals surface area contributed by atoms with E-state index in [2.05, 4.69) is 29.2 Å². The van der Waals surface area contributed by atoms with Gasteiger partial charge in [0.25, 0.3) is 0 Å². The fourth-order valence-corrected chi connectivity index (χ4v) is 3.23. The molecule has 0 amide bonds. The van der Waals surface area contributed by atoms with Gasteiger partial charge in [-0.05, 0) is 36.8 Å². The summed E-state index contributed by atoms with van der Waals surface area (Å²) in [6.45, 7) is 0. The van der Waals surface area contributed by atoms with Crippen molar-refractivity contribution in [2.75, 3.05) is 0 Å². The Bertz CT molecular complexity index is 778. The van der Waals surface area contributed by atoms with Crippen LogP contribution < -0.4 is 0 Å². The number of benzene rings is 1. The van der Waals surface area contributed by atoms with Crippen LogP contribution in [0.1, 0.15) is 24.0 Å². The molecule has 4 rings (SSSR count). The van der Waals surface area contributed by atoms with Crippen LogP contribution in [0.25, 0.3) is 22.3 Å². The molecule has 0 radical (unpaired) electrons. The summed E-state index contributed by atoms with van der Waals surface area (Å²) in [6.07, 6.45) is 6.91. The minimum Gasteiger partial charge on any atom is -0.250 e. The molecule has 2 aromatic heterocycles. The van der Waals surface area contributed by atoms with Crippen LogP contribution >= 0.6 is 12.4 Å². The predicted molar refractivity (Wildman–Crippen MR) is 87.8 cm³/mol. The zero-order valence-corrected chi connectivity index (χ0v) is 12.9. The van der Waals surface area contributed by atoms with Gasteiger partial charge >= 0.3 is 0 Å². The molecule has 0 N–H and O–H groups in total. The van der Waals surface area contributed by atoms with Gasteiger partial charge in [-0.3, -0.25) is 0 Å². The number of pyridine rings is 1. The van der Waals surface area contributed by atoms with Crippen molar-refractivity contribution in [3.05, 3.63) is 47.7 Å². The van der Waals surface area contributed by atoms with Crippen LogP contribution in [0, 0.1) is 0 Å². The Morgan fingerprint density at radius 2 is 1.81 bits per heavy atom. The maximum Gasteiger partial charge on any atom is 0.158 e. The van der Waals surface area contributed by atoms with E-state index in [1.54, 1.807) is 0 Å². The molecule has 4 heteroatoms. The highest BCUT2D eigenvalue weighted by atomic mass is 35.5. The summed E-state index contributed by atoms with van der Waals surface area (Å²) in [4.78, 5) is 4.64. The van der Waals surface area contributed by atoms with E-state index in [4.69, 9.17) is 5.10 Å². The SMILES string of the molecule is Cl.Cn1nc(-c2ccccc2)c2c3c(cnc21)CCCC3. The number of aromatic nitrogens is 3. The first-order valence-corrected chi connectivity index (χ1v) is 7.23. The van der Waals surface area contributed by atoms with Crippen molar-refractivity contribution in [3.63, 3.8) is 0 Å². The first-order chi connectivity index (χ1) is 9.84. The van der Waals surface area contributed by atoms with Crippen LogP contribution in [0.3, 0.4) is 0 Å². The van der Waals surface area contributed by atoms with Crippen molar-refractivity contribution in [3.8, 4) is 11.3 Å². The van der Waals surface area contributed by atoms with Gasteiger partial charge in [-0.15, -0.1) is 12.4 Å². The molecule has 0 fully saturated rings. The number of rotatable bonds is 1. The van der Waals surface area contributed by atoms with E-state index in [9.17, 15) is 0 Å². The first-order valence-electron chi connectivity index (χ1n) is 7.23. The topological polar surface area (TPSA) is 30.7 Å². The van der Waals surface area contributed by atoms with E-state index in [0.717, 1.165) is 24.2 Å². The molecule has 1 aliphatic rings. The minimum absolute atomic E-state index is 0. The molecule has 108 valence electrons. The molecule has 0 spiro atoms. The Morgan fingerprint density at radius 3 is 2.62 bits per heavy atom. The van der Waals surface area contributed by atoms with Gasteiger partial charge in [0, 0.05) is 18.8 Å². The van der Waals surface area contributed by atoms with Crippen molar-refractivity contribution in [2.24, 2.45) is 7.05 Å². The molecule has 2 heterocycles. The molecule has 0 aliphatic heterocycles. The lowest BCUT2D eigenvalue weighted by Crippen LogP contribution is -2.04. The van der Waals surface area contributed by atoms with Crippen LogP contribution in [-0.2, 0) is 19.9 Å². The molecule has 3 aromatic rings. The third kappa shape index (κ3) is 2.22. The van der Waals surface area contributed by atoms with Crippen LogP contribution in [-0.4, -0.2) is 14.8 Å². The third-order valence-corrected chi connectivity index (χ3v) is 4.22. The van der Waals surface area contributed by atoms with E-state index >= 15 is 0 Å². The molecule has 0 unspecified atom stereocenters. The van der Waals surface area contributed by atoms with Gasteiger partial charge in [0.15, 0.2) is 5.65 Å². The number of nitrogens with zero attached hydrogens (tertiary/aromatic N) is 3. The zero-order chi connectivity index (χ0) is 13.5. The Kier molecular flexibility index (Phi) is 3.68. The molecule has 1 aliphatic carbocycles. The van der Waals surface area contributed by atoms with Crippen molar-refractivity contribution in [2.45, 2.75) is 25.7 Å². The van der Waals surface area contributed by atoms with Crippen LogP contribution in [0.4, 0.5) is 0 Å². The van der Waals surface area contributed by atoms with E-state index in [0.29, 0.717) is 0 Å². The standard InChI is InChI=1S/C17H17N3.ClH/c1-20-17-15(14-10-6-5-9-13(14)11-18-17)16(19-20)12-7-3-2-4-8-12;/h2-4,7-8,11H,5-6,9-10H2,1H3;1H. The monoisotopic (exact) mass is 299 g/mol. The molecule has 0 bridgehead atoms. The molecule has 21 heavy (non-hydrogen) atoms. The number of hydrogen-bond acceptors (Lipinski definition) is 2. The van der Waals surface area contributed by atoms with Gasteiger partial charge in [-0.1, -0.05) is 30.3 Å². The van der Waals surface area contributed by atoms with Crippen molar-refractivity contribution >= 4 is 23.4 Å². The summed E-state index contributed by atoms with van der Waals surface area (Å²) < 4.78 is 1.91. The third-order valence-electron chi connectivity index (χ3n) is 4.22. The van der Waals surface area contributed by atoms with Crippen LogP contribution in [0.5, 0.6) is 0 Å². The highest BCUT2D eigenvalue weighted by molar-refractivity contribution is 5.94. The van der Waals surface area contributed by atoms with Gasteiger partial charge in [0.05, 0.1) is 5.39 Å². The van der Waals surface area contributed by atoms with Crippen molar-refractivity contribution in [1.82, 2.24) is 14.8 Å². The van der Waals surface area contributed by atoms with Crippen LogP contribution in [0.15, 0.2) is 36.5 Å². The van der Waals surface area contributed by atoms with E-state index < -0.39 is 0 Å². The maximum absolute atomic E-state index is 4.72. The smallest absolute Gasteiger partial charge is 0.158 e. The largest absolute Gasteiger partial charge is 0.250 e. The normalized spacial score (nSPS) is 13.8. The number of hydrogen-bond donors (Lipinski definition) is 0. The quantitative estimate of drug-likeness (QED) is 0.681. The Balaban J connectivity index is 0.00000132. The van der Waals surface area contributed by atoms with Gasteiger partial charge in [-0.2, -0.15) is 5.10 Å². The second-order valence-electron chi connectivity index (χ2n) is 5.51. The second-order valence-corrected chi connectivity index (χ2v) is 5.51. The number of fused-ring (bicyclic) bond motifs is 3. The average molecular weight is 300 g/mol. The van der Waals surface area contributed by atoms with Crippen LogP contribution in [0.2, 0.25) is 0 Å². The summed E-state index contributed by atoms with van der Waals surface area (Å²) in [5.74, 6) is 0. The highest BCUT2D eigenvalue weighted by Crippen LogP contribution is 2.34.